The van der Waals surface area contributed by atoms with Gasteiger partial charge in [0.15, 0.2) is 0 Å². The zero-order valence-corrected chi connectivity index (χ0v) is 23.4. The Morgan fingerprint density at radius 2 is 0.738 bits per heavy atom. The summed E-state index contributed by atoms with van der Waals surface area (Å²) in [5, 5.41) is 0. The highest BCUT2D eigenvalue weighted by Gasteiger charge is 2.18. The van der Waals surface area contributed by atoms with E-state index in [0.717, 1.165) is 12.8 Å². The van der Waals surface area contributed by atoms with Crippen molar-refractivity contribution in [2.45, 2.75) is 12.8 Å². The minimum atomic E-state index is 1.03. The van der Waals surface area contributed by atoms with Gasteiger partial charge in [-0.1, -0.05) is 152 Å². The van der Waals surface area contributed by atoms with E-state index in [-0.39, 0.29) is 0 Å². The lowest BCUT2D eigenvalue weighted by molar-refractivity contribution is 1.26. The van der Waals surface area contributed by atoms with Crippen LogP contribution in [0.3, 0.4) is 0 Å². The lowest BCUT2D eigenvalue weighted by atomic mass is 10.0. The first-order valence-electron chi connectivity index (χ1n) is 14.8. The van der Waals surface area contributed by atoms with Gasteiger partial charge < -0.3 is 0 Å². The van der Waals surface area contributed by atoms with Gasteiger partial charge in [-0.25, -0.2) is 0 Å². The second kappa shape index (κ2) is 10.3. The molecule has 0 radical (unpaired) electrons. The third-order valence-corrected chi connectivity index (χ3v) is 8.73. The molecule has 6 aromatic rings. The first-order chi connectivity index (χ1) is 20.8. The van der Waals surface area contributed by atoms with E-state index in [9.17, 15) is 0 Å². The van der Waals surface area contributed by atoms with Gasteiger partial charge in [0.05, 0.1) is 0 Å². The molecular weight excluding hydrogens is 504 g/mol. The van der Waals surface area contributed by atoms with Crippen LogP contribution in [0.2, 0.25) is 0 Å². The zero-order valence-electron chi connectivity index (χ0n) is 23.4. The van der Waals surface area contributed by atoms with Crippen molar-refractivity contribution in [2.24, 2.45) is 0 Å². The van der Waals surface area contributed by atoms with E-state index in [1.165, 1.54) is 77.9 Å². The maximum atomic E-state index is 2.33. The van der Waals surface area contributed by atoms with Crippen LogP contribution in [0.5, 0.6) is 0 Å². The Morgan fingerprint density at radius 3 is 1.38 bits per heavy atom. The highest BCUT2D eigenvalue weighted by Crippen LogP contribution is 2.38. The summed E-state index contributed by atoms with van der Waals surface area (Å²) >= 11 is 0. The molecule has 8 rings (SSSR count). The Labute approximate surface area is 248 Å². The maximum absolute atomic E-state index is 2.33. The maximum Gasteiger partial charge on any atom is -0.00132 e. The Hall–Kier alpha value is -5.20. The van der Waals surface area contributed by atoms with Gasteiger partial charge in [-0.15, -0.1) is 0 Å². The third-order valence-electron chi connectivity index (χ3n) is 8.73. The van der Waals surface area contributed by atoms with Crippen molar-refractivity contribution in [1.29, 1.82) is 0 Å². The van der Waals surface area contributed by atoms with Crippen LogP contribution in [-0.4, -0.2) is 0 Å². The summed E-state index contributed by atoms with van der Waals surface area (Å²) in [5.74, 6) is 0. The van der Waals surface area contributed by atoms with Gasteiger partial charge in [0, 0.05) is 0 Å². The molecule has 0 atom stereocenters. The van der Waals surface area contributed by atoms with Crippen molar-refractivity contribution in [3.8, 4) is 33.4 Å². The van der Waals surface area contributed by atoms with Gasteiger partial charge >= 0.3 is 0 Å². The van der Waals surface area contributed by atoms with Gasteiger partial charge in [-0.3, -0.25) is 0 Å². The second-order valence-corrected chi connectivity index (χ2v) is 11.4. The summed E-state index contributed by atoms with van der Waals surface area (Å²) in [6.45, 7) is 0. The molecular formula is C42H30. The molecule has 0 aliphatic heterocycles. The van der Waals surface area contributed by atoms with E-state index in [4.69, 9.17) is 0 Å². The first-order valence-corrected chi connectivity index (χ1v) is 14.8. The second-order valence-electron chi connectivity index (χ2n) is 11.4. The number of fused-ring (bicyclic) bond motifs is 6. The van der Waals surface area contributed by atoms with Crippen LogP contribution in [0.1, 0.15) is 44.5 Å². The summed E-state index contributed by atoms with van der Waals surface area (Å²) in [6.07, 6.45) is 10.9. The third kappa shape index (κ3) is 4.62. The Bertz CT molecular complexity index is 2000. The van der Waals surface area contributed by atoms with Gasteiger partial charge in [0.1, 0.15) is 0 Å². The van der Waals surface area contributed by atoms with E-state index in [1.807, 2.05) is 0 Å². The predicted octanol–water partition coefficient (Wildman–Crippen LogP) is 10.8. The van der Waals surface area contributed by atoms with E-state index in [0.29, 0.717) is 0 Å². The summed E-state index contributed by atoms with van der Waals surface area (Å²) in [5.41, 5.74) is 18.6. The standard InChI is InChI=1S/C42H30/c1-3-7-39-36(6-1)28-38-25-31(18-24-41(38)39)11-9-29-13-19-33(20-14-29)34-21-15-30(16-22-34)10-12-32-17-23-37-27-35-5-2-4-8-40(35)42(37)26-32/h1-26H,27-28H2/b11-9+,12-10+. The smallest absolute Gasteiger partial charge is 0.00132 e. The molecule has 42 heavy (non-hydrogen) atoms. The molecule has 0 spiro atoms. The first kappa shape index (κ1) is 24.6. The minimum Gasteiger partial charge on any atom is -0.0619 e. The van der Waals surface area contributed by atoms with Gasteiger partial charge in [0.25, 0.3) is 0 Å². The molecule has 2 aliphatic rings. The molecule has 0 N–H and O–H groups in total. The molecule has 0 nitrogen and oxygen atoms in total. The van der Waals surface area contributed by atoms with Crippen molar-refractivity contribution in [2.75, 3.05) is 0 Å². The normalized spacial score (nSPS) is 12.9. The Kier molecular flexibility index (Phi) is 6.04. The summed E-state index contributed by atoms with van der Waals surface area (Å²) in [7, 11) is 0. The molecule has 0 unspecified atom stereocenters. The molecule has 2 aliphatic carbocycles. The van der Waals surface area contributed by atoms with Gasteiger partial charge in [-0.2, -0.15) is 0 Å². The van der Waals surface area contributed by atoms with Gasteiger partial charge in [-0.05, 0) is 96.8 Å². The predicted molar refractivity (Wildman–Crippen MR) is 179 cm³/mol. The van der Waals surface area contributed by atoms with Crippen molar-refractivity contribution in [3.05, 3.63) is 178 Å². The van der Waals surface area contributed by atoms with Crippen molar-refractivity contribution in [1.82, 2.24) is 0 Å². The van der Waals surface area contributed by atoms with E-state index in [1.54, 1.807) is 0 Å². The van der Waals surface area contributed by atoms with Crippen molar-refractivity contribution in [3.63, 3.8) is 0 Å². The molecule has 0 bridgehead atoms. The number of hydrogen-bond acceptors (Lipinski definition) is 0. The fourth-order valence-corrected chi connectivity index (χ4v) is 6.47. The number of rotatable bonds is 5. The quantitative estimate of drug-likeness (QED) is 0.193. The van der Waals surface area contributed by atoms with E-state index >= 15 is 0 Å². The molecule has 198 valence electrons. The minimum absolute atomic E-state index is 1.03. The largest absolute Gasteiger partial charge is 0.0619 e. The summed E-state index contributed by atoms with van der Waals surface area (Å²) in [6, 6.07) is 48.8. The molecule has 0 saturated carbocycles. The monoisotopic (exact) mass is 534 g/mol. The van der Waals surface area contributed by atoms with Crippen LogP contribution in [0, 0.1) is 0 Å². The molecule has 0 heterocycles. The fraction of sp³-hybridized carbons (Fsp3) is 0.0476. The highest BCUT2D eigenvalue weighted by atomic mass is 14.2. The van der Waals surface area contributed by atoms with Crippen LogP contribution in [0.15, 0.2) is 133 Å². The Balaban J connectivity index is 0.938. The van der Waals surface area contributed by atoms with Crippen molar-refractivity contribution >= 4 is 24.3 Å². The molecule has 0 heteroatoms. The van der Waals surface area contributed by atoms with Crippen LogP contribution < -0.4 is 0 Å². The number of benzene rings is 6. The van der Waals surface area contributed by atoms with Crippen LogP contribution in [-0.2, 0) is 12.8 Å². The highest BCUT2D eigenvalue weighted by molar-refractivity contribution is 5.82. The van der Waals surface area contributed by atoms with E-state index in [2.05, 4.69) is 158 Å². The molecule has 0 amide bonds. The molecule has 0 fully saturated rings. The number of hydrogen-bond donors (Lipinski definition) is 0. The lowest BCUT2D eigenvalue weighted by Gasteiger charge is -2.05. The zero-order chi connectivity index (χ0) is 27.9. The average molecular weight is 535 g/mol. The molecule has 6 aromatic carbocycles. The fourth-order valence-electron chi connectivity index (χ4n) is 6.47. The lowest BCUT2D eigenvalue weighted by Crippen LogP contribution is -1.82. The summed E-state index contributed by atoms with van der Waals surface area (Å²) < 4.78 is 0. The van der Waals surface area contributed by atoms with Crippen molar-refractivity contribution < 1.29 is 0 Å². The van der Waals surface area contributed by atoms with Gasteiger partial charge in [0.2, 0.25) is 0 Å². The SMILES string of the molecule is C(=C\c1ccc2c(c1)Cc1ccccc1-2)/c1ccc(-c2ccc(/C=C/c3ccc4c(c3)-c3ccccc3C4)cc2)cc1. The Morgan fingerprint density at radius 1 is 0.310 bits per heavy atom. The molecule has 0 aromatic heterocycles. The van der Waals surface area contributed by atoms with Crippen LogP contribution in [0.25, 0.3) is 57.7 Å². The van der Waals surface area contributed by atoms with Crippen LogP contribution >= 0.6 is 0 Å². The molecule has 0 saturated heterocycles. The van der Waals surface area contributed by atoms with Crippen LogP contribution in [0.4, 0.5) is 0 Å². The summed E-state index contributed by atoms with van der Waals surface area (Å²) in [4.78, 5) is 0. The average Bonchev–Trinajstić information content (AvgIpc) is 3.61. The topological polar surface area (TPSA) is 0 Å². The van der Waals surface area contributed by atoms with E-state index < -0.39 is 0 Å².